The first-order chi connectivity index (χ1) is 13.4. The second-order valence-corrected chi connectivity index (χ2v) is 8.32. The Morgan fingerprint density at radius 1 is 1.14 bits per heavy atom. The molecule has 2 aromatic rings. The minimum atomic E-state index is 0.118. The summed E-state index contributed by atoms with van der Waals surface area (Å²) in [4.78, 5) is 11.6. The van der Waals surface area contributed by atoms with Crippen molar-refractivity contribution in [3.05, 3.63) is 41.3 Å². The lowest BCUT2D eigenvalue weighted by molar-refractivity contribution is 0.148. The fraction of sp³-hybridized carbons (Fsp3) is 0.545. The summed E-state index contributed by atoms with van der Waals surface area (Å²) in [6, 6.07) is 8.26. The number of ether oxygens (including phenoxy) is 3. The van der Waals surface area contributed by atoms with Gasteiger partial charge in [0, 0.05) is 41.5 Å². The number of rotatable bonds is 5. The maximum absolute atomic E-state index is 6.14. The minimum absolute atomic E-state index is 0.118. The summed E-state index contributed by atoms with van der Waals surface area (Å²) in [5.74, 6) is 2.26. The Hall–Kier alpha value is -2.34. The van der Waals surface area contributed by atoms with Gasteiger partial charge in [-0.2, -0.15) is 0 Å². The molecule has 0 spiro atoms. The Kier molecular flexibility index (Phi) is 5.15. The van der Waals surface area contributed by atoms with Crippen molar-refractivity contribution in [3.8, 4) is 17.4 Å². The third-order valence-corrected chi connectivity index (χ3v) is 5.63. The summed E-state index contributed by atoms with van der Waals surface area (Å²) in [7, 11) is 0. The van der Waals surface area contributed by atoms with Gasteiger partial charge in [-0.15, -0.1) is 0 Å². The van der Waals surface area contributed by atoms with Crippen molar-refractivity contribution in [1.29, 1.82) is 0 Å². The SMILES string of the molecule is Cc1cc(OC[C@]2(C)CCN([C@H](C)c3ccc4c(n3)OCCO4)C2)cc(C)n1. The van der Waals surface area contributed by atoms with Gasteiger partial charge < -0.3 is 14.2 Å². The first kappa shape index (κ1) is 19.0. The normalized spacial score (nSPS) is 22.9. The molecule has 28 heavy (non-hydrogen) atoms. The molecule has 0 aromatic carbocycles. The maximum Gasteiger partial charge on any atom is 0.257 e. The van der Waals surface area contributed by atoms with Crippen LogP contribution < -0.4 is 14.2 Å². The first-order valence-electron chi connectivity index (χ1n) is 10.0. The van der Waals surface area contributed by atoms with E-state index >= 15 is 0 Å². The Labute approximate surface area is 166 Å². The van der Waals surface area contributed by atoms with Crippen LogP contribution in [0.5, 0.6) is 17.4 Å². The van der Waals surface area contributed by atoms with Crippen LogP contribution in [-0.4, -0.2) is 47.8 Å². The zero-order valence-corrected chi connectivity index (χ0v) is 17.2. The lowest BCUT2D eigenvalue weighted by Gasteiger charge is -2.28. The summed E-state index contributed by atoms with van der Waals surface area (Å²) in [5, 5.41) is 0. The third kappa shape index (κ3) is 4.07. The van der Waals surface area contributed by atoms with Crippen LogP contribution in [0, 0.1) is 19.3 Å². The lowest BCUT2D eigenvalue weighted by Crippen LogP contribution is -2.32. The molecule has 2 aromatic heterocycles. The second-order valence-electron chi connectivity index (χ2n) is 8.32. The van der Waals surface area contributed by atoms with Crippen molar-refractivity contribution in [2.45, 2.75) is 40.2 Å². The van der Waals surface area contributed by atoms with E-state index in [-0.39, 0.29) is 11.5 Å². The molecule has 0 aliphatic carbocycles. The van der Waals surface area contributed by atoms with Gasteiger partial charge in [0.15, 0.2) is 5.75 Å². The molecule has 0 amide bonds. The molecule has 0 saturated carbocycles. The van der Waals surface area contributed by atoms with Crippen molar-refractivity contribution in [2.75, 3.05) is 32.9 Å². The van der Waals surface area contributed by atoms with Crippen molar-refractivity contribution in [3.63, 3.8) is 0 Å². The fourth-order valence-corrected chi connectivity index (χ4v) is 4.01. The van der Waals surface area contributed by atoms with Gasteiger partial charge in [0.1, 0.15) is 19.0 Å². The van der Waals surface area contributed by atoms with E-state index in [1.54, 1.807) is 0 Å². The predicted molar refractivity (Wildman–Crippen MR) is 107 cm³/mol. The number of aryl methyl sites for hydroxylation is 2. The van der Waals surface area contributed by atoms with E-state index in [1.165, 1.54) is 0 Å². The molecular formula is C22H29N3O3. The van der Waals surface area contributed by atoms with Crippen LogP contribution in [0.4, 0.5) is 0 Å². The van der Waals surface area contributed by atoms with Gasteiger partial charge >= 0.3 is 0 Å². The van der Waals surface area contributed by atoms with Gasteiger partial charge in [-0.3, -0.25) is 9.88 Å². The van der Waals surface area contributed by atoms with E-state index in [9.17, 15) is 0 Å². The molecule has 0 N–H and O–H groups in total. The molecule has 0 bridgehead atoms. The van der Waals surface area contributed by atoms with Crippen LogP contribution in [-0.2, 0) is 0 Å². The number of aromatic nitrogens is 2. The number of likely N-dealkylation sites (tertiary alicyclic amines) is 1. The Morgan fingerprint density at radius 2 is 1.89 bits per heavy atom. The highest BCUT2D eigenvalue weighted by molar-refractivity contribution is 5.36. The van der Waals surface area contributed by atoms with Crippen LogP contribution in [0.15, 0.2) is 24.3 Å². The summed E-state index contributed by atoms with van der Waals surface area (Å²) in [6.07, 6.45) is 1.10. The molecule has 2 atom stereocenters. The first-order valence-corrected chi connectivity index (χ1v) is 10.0. The van der Waals surface area contributed by atoms with Crippen molar-refractivity contribution in [2.24, 2.45) is 5.41 Å². The van der Waals surface area contributed by atoms with Gasteiger partial charge in [0.2, 0.25) is 0 Å². The van der Waals surface area contributed by atoms with Crippen LogP contribution in [0.2, 0.25) is 0 Å². The molecule has 4 rings (SSSR count). The third-order valence-electron chi connectivity index (χ3n) is 5.63. The zero-order valence-electron chi connectivity index (χ0n) is 17.2. The van der Waals surface area contributed by atoms with Gasteiger partial charge in [0.25, 0.3) is 5.88 Å². The van der Waals surface area contributed by atoms with E-state index in [2.05, 4.69) is 23.7 Å². The highest BCUT2D eigenvalue weighted by atomic mass is 16.6. The smallest absolute Gasteiger partial charge is 0.257 e. The maximum atomic E-state index is 6.14. The van der Waals surface area contributed by atoms with Gasteiger partial charge in [-0.1, -0.05) is 6.92 Å². The molecule has 1 saturated heterocycles. The molecule has 6 nitrogen and oxygen atoms in total. The molecular weight excluding hydrogens is 354 g/mol. The highest BCUT2D eigenvalue weighted by Crippen LogP contribution is 2.37. The number of pyridine rings is 2. The predicted octanol–water partition coefficient (Wildman–Crippen LogP) is 3.72. The van der Waals surface area contributed by atoms with Crippen LogP contribution in [0.3, 0.4) is 0 Å². The van der Waals surface area contributed by atoms with E-state index in [0.29, 0.717) is 25.7 Å². The van der Waals surface area contributed by atoms with E-state index in [4.69, 9.17) is 19.2 Å². The standard InChI is InChI=1S/C22H29N3O3/c1-15-11-18(12-16(2)23-15)28-14-22(4)7-8-25(13-22)17(3)19-5-6-20-21(24-19)27-10-9-26-20/h5-6,11-12,17H,7-10,13-14H2,1-4H3/t17-,22-/m1/s1. The molecule has 150 valence electrons. The number of hydrogen-bond acceptors (Lipinski definition) is 6. The average molecular weight is 383 g/mol. The molecule has 2 aliphatic heterocycles. The quantitative estimate of drug-likeness (QED) is 0.784. The fourth-order valence-electron chi connectivity index (χ4n) is 4.01. The minimum Gasteiger partial charge on any atom is -0.493 e. The van der Waals surface area contributed by atoms with Gasteiger partial charge in [-0.05, 0) is 45.9 Å². The Balaban J connectivity index is 1.39. The molecule has 2 aliphatic rings. The largest absolute Gasteiger partial charge is 0.493 e. The highest BCUT2D eigenvalue weighted by Gasteiger charge is 2.37. The molecule has 6 heteroatoms. The topological polar surface area (TPSA) is 56.7 Å². The molecule has 0 radical (unpaired) electrons. The summed E-state index contributed by atoms with van der Waals surface area (Å²) < 4.78 is 17.4. The zero-order chi connectivity index (χ0) is 19.7. The Bertz CT molecular complexity index is 837. The monoisotopic (exact) mass is 383 g/mol. The van der Waals surface area contributed by atoms with Crippen molar-refractivity contribution in [1.82, 2.24) is 14.9 Å². The van der Waals surface area contributed by atoms with Crippen LogP contribution in [0.1, 0.15) is 43.4 Å². The van der Waals surface area contributed by atoms with E-state index in [1.807, 2.05) is 38.1 Å². The van der Waals surface area contributed by atoms with Crippen molar-refractivity contribution >= 4 is 0 Å². The van der Waals surface area contributed by atoms with E-state index in [0.717, 1.165) is 48.1 Å². The second kappa shape index (κ2) is 7.59. The van der Waals surface area contributed by atoms with Gasteiger partial charge in [0.05, 0.1) is 12.3 Å². The van der Waals surface area contributed by atoms with Crippen molar-refractivity contribution < 1.29 is 14.2 Å². The van der Waals surface area contributed by atoms with Crippen LogP contribution in [0.25, 0.3) is 0 Å². The molecule has 1 fully saturated rings. The Morgan fingerprint density at radius 3 is 2.68 bits per heavy atom. The summed E-state index contributed by atoms with van der Waals surface area (Å²) >= 11 is 0. The summed E-state index contributed by atoms with van der Waals surface area (Å²) in [5.41, 5.74) is 3.13. The lowest BCUT2D eigenvalue weighted by atomic mass is 9.91. The molecule has 0 unspecified atom stereocenters. The average Bonchev–Trinajstić information content (AvgIpc) is 3.07. The molecule has 4 heterocycles. The van der Waals surface area contributed by atoms with Crippen LogP contribution >= 0.6 is 0 Å². The summed E-state index contributed by atoms with van der Waals surface area (Å²) in [6.45, 7) is 12.4. The number of hydrogen-bond donors (Lipinski definition) is 0. The number of nitrogens with zero attached hydrogens (tertiary/aromatic N) is 3. The van der Waals surface area contributed by atoms with E-state index < -0.39 is 0 Å². The number of fused-ring (bicyclic) bond motifs is 1. The van der Waals surface area contributed by atoms with Gasteiger partial charge in [-0.25, -0.2) is 4.98 Å².